The van der Waals surface area contributed by atoms with Crippen molar-refractivity contribution >= 4 is 26.4 Å². The average molecular weight is 1060 g/mol. The summed E-state index contributed by atoms with van der Waals surface area (Å²) in [6, 6.07) is 56.3. The maximum absolute atomic E-state index is 5.98. The molecule has 68 heavy (non-hydrogen) atoms. The molecule has 0 amide bonds. The third-order valence-corrected chi connectivity index (χ3v) is 15.9. The molecular formula is C63H66Cl4Zr-2. The maximum Gasteiger partial charge on any atom is -0.172 e. The molecule has 352 valence electrons. The van der Waals surface area contributed by atoms with E-state index in [-0.39, 0.29) is 35.6 Å². The van der Waals surface area contributed by atoms with Gasteiger partial charge in [-0.2, -0.15) is 18.2 Å². The largest absolute Gasteiger partial charge is 1.00 e. The molecule has 0 nitrogen and oxygen atoms in total. The minimum absolute atomic E-state index is 0. The van der Waals surface area contributed by atoms with Gasteiger partial charge in [-0.3, -0.25) is 0 Å². The Bertz CT molecular complexity index is 2560. The number of halogens is 4. The summed E-state index contributed by atoms with van der Waals surface area (Å²) in [7, 11) is 0. The van der Waals surface area contributed by atoms with E-state index in [1.807, 2.05) is 66.7 Å². The number of fused-ring (bicyclic) bond motifs is 3. The number of rotatable bonds is 6. The molecule has 0 aliphatic heterocycles. The van der Waals surface area contributed by atoms with Crippen molar-refractivity contribution in [2.24, 2.45) is 0 Å². The summed E-state index contributed by atoms with van der Waals surface area (Å²) in [5, 5.41) is 1.53. The first kappa shape index (κ1) is 53.9. The van der Waals surface area contributed by atoms with Gasteiger partial charge in [-0.1, -0.05) is 163 Å². The molecule has 0 unspecified atom stereocenters. The summed E-state index contributed by atoms with van der Waals surface area (Å²) < 4.78 is 1.26. The van der Waals surface area contributed by atoms with Gasteiger partial charge in [0.2, 0.25) is 0 Å². The van der Waals surface area contributed by atoms with Gasteiger partial charge in [0.1, 0.15) is 0 Å². The molecule has 0 aromatic heterocycles. The number of hydrogen-bond donors (Lipinski definition) is 0. The smallest absolute Gasteiger partial charge is 0.172 e. The fourth-order valence-corrected chi connectivity index (χ4v) is 11.8. The van der Waals surface area contributed by atoms with Crippen molar-refractivity contribution < 1.29 is 49.0 Å². The molecule has 7 aromatic carbocycles. The zero-order chi connectivity index (χ0) is 46.4. The van der Waals surface area contributed by atoms with Gasteiger partial charge < -0.3 is 24.8 Å². The van der Waals surface area contributed by atoms with E-state index < -0.39 is 0 Å². The molecule has 2 saturated carbocycles. The van der Waals surface area contributed by atoms with Crippen LogP contribution in [-0.4, -0.2) is 3.21 Å². The Balaban J connectivity index is 0.000000274. The molecule has 7 aromatic rings. The van der Waals surface area contributed by atoms with Crippen molar-refractivity contribution in [1.82, 2.24) is 0 Å². The zero-order valence-corrected chi connectivity index (χ0v) is 46.3. The maximum atomic E-state index is 5.98. The quantitative estimate of drug-likeness (QED) is 0.146. The molecule has 0 atom stereocenters. The zero-order valence-electron chi connectivity index (χ0n) is 40.8. The molecule has 3 aliphatic carbocycles. The molecule has 0 bridgehead atoms. The van der Waals surface area contributed by atoms with Crippen molar-refractivity contribution in [3.63, 3.8) is 0 Å². The van der Waals surface area contributed by atoms with Crippen LogP contribution < -0.4 is 24.8 Å². The molecule has 5 heteroatoms. The SMILES string of the molecule is CC(C)(C)c1cc2c([c-]c1-c1ccccc1C1CCCCC1)Cc1cc(-c3ccccc3C3CCCCC3)c(C(C)(C)C)cc1-2.Clc1cccc([C](=[Zr+2])c2cccc(Cl)c2)c1.[Cl-].[Cl-].c1cc[cH-]c1. The van der Waals surface area contributed by atoms with Crippen LogP contribution in [0.1, 0.15) is 162 Å². The van der Waals surface area contributed by atoms with Crippen LogP contribution in [0.4, 0.5) is 0 Å². The Morgan fingerprint density at radius 2 is 1.00 bits per heavy atom. The second-order valence-corrected chi connectivity index (χ2v) is 23.0. The van der Waals surface area contributed by atoms with Crippen LogP contribution in [0.15, 0.2) is 146 Å². The van der Waals surface area contributed by atoms with E-state index in [0.29, 0.717) is 11.8 Å². The summed E-state index contributed by atoms with van der Waals surface area (Å²) in [5.74, 6) is 1.35. The van der Waals surface area contributed by atoms with Crippen molar-refractivity contribution in [1.29, 1.82) is 0 Å². The predicted octanol–water partition coefficient (Wildman–Crippen LogP) is 12.6. The first-order chi connectivity index (χ1) is 31.8. The molecule has 0 saturated heterocycles. The first-order valence-electron chi connectivity index (χ1n) is 24.5. The standard InChI is InChI=1S/C45H53.C13H8Cl2.C5H5.2ClH.Zr/c1-44(2,3)42-28-38-32(26-40(42)36-23-15-13-21-34(36)30-17-9-7-10-18-30)25-33-27-41(43(29-39(33)38)45(4,5)6)37-24-16-14-22-35(37)31-19-11-8-12-20-31;14-12-5-1-3-10(8-12)7-11-4-2-6-13(15)9-11;1-2-4-5-3-1;;;/h13-16,21-24,26,28-31H,7-12,17-20,25H2,1-6H3;1-6,8-9H;1-5H;2*1H;/q-1;;-1;;;+2/p-2. The molecule has 10 rings (SSSR count). The molecule has 0 heterocycles. The molecular weight excluding hydrogens is 990 g/mol. The van der Waals surface area contributed by atoms with Crippen LogP contribution >= 0.6 is 23.2 Å². The van der Waals surface area contributed by atoms with E-state index in [2.05, 4.69) is 126 Å². The predicted molar refractivity (Wildman–Crippen MR) is 282 cm³/mol. The molecule has 0 spiro atoms. The van der Waals surface area contributed by atoms with Crippen LogP contribution in [0, 0.1) is 6.07 Å². The van der Waals surface area contributed by atoms with E-state index in [0.717, 1.165) is 27.6 Å². The molecule has 2 fully saturated rings. The van der Waals surface area contributed by atoms with Crippen molar-refractivity contribution in [2.75, 3.05) is 0 Å². The van der Waals surface area contributed by atoms with Gasteiger partial charge in [-0.05, 0) is 82.6 Å². The third kappa shape index (κ3) is 12.9. The first-order valence-corrected chi connectivity index (χ1v) is 26.5. The normalized spacial score (nSPS) is 14.7. The van der Waals surface area contributed by atoms with Crippen LogP contribution in [0.2, 0.25) is 10.0 Å². The average Bonchev–Trinajstić information content (AvgIpc) is 4.03. The van der Waals surface area contributed by atoms with Crippen molar-refractivity contribution in [2.45, 2.75) is 135 Å². The van der Waals surface area contributed by atoms with Gasteiger partial charge in [-0.25, -0.2) is 12.1 Å². The monoisotopic (exact) mass is 1050 g/mol. The second-order valence-electron chi connectivity index (χ2n) is 20.9. The summed E-state index contributed by atoms with van der Waals surface area (Å²) in [5.41, 5.74) is 19.8. The summed E-state index contributed by atoms with van der Waals surface area (Å²) in [4.78, 5) is 0. The summed E-state index contributed by atoms with van der Waals surface area (Å²) in [6.45, 7) is 14.4. The Morgan fingerprint density at radius 3 is 1.49 bits per heavy atom. The van der Waals surface area contributed by atoms with E-state index in [4.69, 9.17) is 23.2 Å². The van der Waals surface area contributed by atoms with Gasteiger partial charge in [0.15, 0.2) is 0 Å². The van der Waals surface area contributed by atoms with E-state index >= 15 is 0 Å². The summed E-state index contributed by atoms with van der Waals surface area (Å²) in [6.07, 6.45) is 14.5. The van der Waals surface area contributed by atoms with Gasteiger partial charge in [0, 0.05) is 0 Å². The van der Waals surface area contributed by atoms with Crippen LogP contribution in [0.25, 0.3) is 33.4 Å². The van der Waals surface area contributed by atoms with E-state index in [9.17, 15) is 0 Å². The topological polar surface area (TPSA) is 0 Å². The Hall–Kier alpha value is -3.42. The number of hydrogen-bond acceptors (Lipinski definition) is 0. The molecule has 0 N–H and O–H groups in total. The van der Waals surface area contributed by atoms with Crippen LogP contribution in [0.5, 0.6) is 0 Å². The van der Waals surface area contributed by atoms with Gasteiger partial charge >= 0.3 is 120 Å². The van der Waals surface area contributed by atoms with Crippen LogP contribution in [-0.2, 0) is 41.5 Å². The van der Waals surface area contributed by atoms with E-state index in [1.54, 1.807) is 11.1 Å². The van der Waals surface area contributed by atoms with Gasteiger partial charge in [-0.15, -0.1) is 28.8 Å². The Kier molecular flexibility index (Phi) is 19.1. The minimum atomic E-state index is 0. The molecule has 3 aliphatic rings. The fraction of sp³-hybridized carbons (Fsp3) is 0.333. The van der Waals surface area contributed by atoms with Crippen molar-refractivity contribution in [3.8, 4) is 33.4 Å². The fourth-order valence-electron chi connectivity index (χ4n) is 10.6. The Morgan fingerprint density at radius 1 is 0.515 bits per heavy atom. The Labute approximate surface area is 446 Å². The second kappa shape index (κ2) is 24.1. The summed E-state index contributed by atoms with van der Waals surface area (Å²) >= 11 is 13.3. The van der Waals surface area contributed by atoms with Crippen LogP contribution in [0.3, 0.4) is 0 Å². The third-order valence-electron chi connectivity index (χ3n) is 14.0. The van der Waals surface area contributed by atoms with Gasteiger partial charge in [0.25, 0.3) is 0 Å². The minimum Gasteiger partial charge on any atom is -1.00 e. The van der Waals surface area contributed by atoms with Crippen molar-refractivity contribution in [3.05, 3.63) is 206 Å². The number of benzene rings is 6. The van der Waals surface area contributed by atoms with E-state index in [1.165, 1.54) is 147 Å². The van der Waals surface area contributed by atoms with Gasteiger partial charge in [0.05, 0.1) is 0 Å². The molecule has 0 radical (unpaired) electrons.